The fourth-order valence-electron chi connectivity index (χ4n) is 2.51. The number of aromatic hydroxyl groups is 1. The summed E-state index contributed by atoms with van der Waals surface area (Å²) in [6, 6.07) is 8.98. The van der Waals surface area contributed by atoms with E-state index in [-0.39, 0.29) is 22.9 Å². The molecule has 0 unspecified atom stereocenters. The SMILES string of the molecule is Cc1nn(-c2ccccc2)c(N=Nc2c(O)n(C)n(C)c2=O)c1C(N)=O. The molecule has 0 aliphatic rings. The van der Waals surface area contributed by atoms with Crippen LogP contribution < -0.4 is 11.3 Å². The zero-order chi connectivity index (χ0) is 19.0. The fraction of sp³-hybridized carbons (Fsp3) is 0.188. The molecule has 3 aromatic rings. The van der Waals surface area contributed by atoms with Gasteiger partial charge in [0.15, 0.2) is 5.82 Å². The van der Waals surface area contributed by atoms with Crippen LogP contribution in [-0.2, 0) is 14.1 Å². The van der Waals surface area contributed by atoms with Crippen LogP contribution in [0.15, 0.2) is 45.4 Å². The minimum Gasteiger partial charge on any atom is -0.492 e. The molecule has 0 fully saturated rings. The van der Waals surface area contributed by atoms with Crippen molar-refractivity contribution < 1.29 is 9.90 Å². The van der Waals surface area contributed by atoms with E-state index in [9.17, 15) is 14.7 Å². The van der Waals surface area contributed by atoms with Gasteiger partial charge in [0.25, 0.3) is 11.5 Å². The summed E-state index contributed by atoms with van der Waals surface area (Å²) in [7, 11) is 2.98. The second-order valence-corrected chi connectivity index (χ2v) is 5.62. The second kappa shape index (κ2) is 6.31. The van der Waals surface area contributed by atoms with Crippen LogP contribution in [-0.4, -0.2) is 30.2 Å². The molecule has 2 heterocycles. The van der Waals surface area contributed by atoms with Crippen molar-refractivity contribution >= 4 is 17.4 Å². The van der Waals surface area contributed by atoms with E-state index in [1.807, 2.05) is 6.07 Å². The Kier molecular flexibility index (Phi) is 4.16. The van der Waals surface area contributed by atoms with E-state index >= 15 is 0 Å². The molecule has 0 aliphatic carbocycles. The minimum atomic E-state index is -0.719. The van der Waals surface area contributed by atoms with Gasteiger partial charge in [-0.05, 0) is 19.1 Å². The van der Waals surface area contributed by atoms with Gasteiger partial charge >= 0.3 is 0 Å². The molecule has 1 aromatic carbocycles. The molecule has 0 spiro atoms. The smallest absolute Gasteiger partial charge is 0.298 e. The predicted octanol–water partition coefficient (Wildman–Crippen LogP) is 1.44. The van der Waals surface area contributed by atoms with Crippen molar-refractivity contribution in [1.29, 1.82) is 0 Å². The monoisotopic (exact) mass is 355 g/mol. The van der Waals surface area contributed by atoms with E-state index in [1.54, 1.807) is 31.2 Å². The van der Waals surface area contributed by atoms with E-state index in [0.717, 1.165) is 0 Å². The van der Waals surface area contributed by atoms with Gasteiger partial charge in [-0.2, -0.15) is 5.10 Å². The minimum absolute atomic E-state index is 0.0755. The lowest BCUT2D eigenvalue weighted by molar-refractivity contribution is 0.100. The van der Waals surface area contributed by atoms with Gasteiger partial charge in [0.05, 0.1) is 11.4 Å². The molecule has 2 aromatic heterocycles. The van der Waals surface area contributed by atoms with Crippen LogP contribution in [0.2, 0.25) is 0 Å². The molecule has 0 bridgehead atoms. The van der Waals surface area contributed by atoms with E-state index in [1.165, 1.54) is 28.1 Å². The van der Waals surface area contributed by atoms with Gasteiger partial charge in [-0.3, -0.25) is 14.3 Å². The third-order valence-corrected chi connectivity index (χ3v) is 3.99. The van der Waals surface area contributed by atoms with Gasteiger partial charge in [-0.1, -0.05) is 18.2 Å². The molecule has 3 N–H and O–H groups in total. The molecular weight excluding hydrogens is 338 g/mol. The summed E-state index contributed by atoms with van der Waals surface area (Å²) in [5, 5.41) is 22.2. The summed E-state index contributed by atoms with van der Waals surface area (Å²) in [6.45, 7) is 1.62. The Morgan fingerprint density at radius 2 is 1.81 bits per heavy atom. The number of carbonyl (C=O) groups is 1. The Morgan fingerprint density at radius 3 is 2.35 bits per heavy atom. The number of nitrogens with two attached hydrogens (primary N) is 1. The molecule has 3 rings (SSSR count). The van der Waals surface area contributed by atoms with Crippen LogP contribution in [0, 0.1) is 6.92 Å². The summed E-state index contributed by atoms with van der Waals surface area (Å²) in [6.07, 6.45) is 0. The Bertz CT molecular complexity index is 1070. The summed E-state index contributed by atoms with van der Waals surface area (Å²) in [5.41, 5.74) is 5.78. The first-order valence-corrected chi connectivity index (χ1v) is 7.64. The Hall–Kier alpha value is -3.69. The number of aryl methyl sites for hydroxylation is 1. The lowest BCUT2D eigenvalue weighted by Crippen LogP contribution is -2.16. The van der Waals surface area contributed by atoms with Crippen molar-refractivity contribution in [2.24, 2.45) is 30.1 Å². The molecular formula is C16H17N7O3. The van der Waals surface area contributed by atoms with Gasteiger partial charge in [-0.15, -0.1) is 10.2 Å². The van der Waals surface area contributed by atoms with Gasteiger partial charge in [0, 0.05) is 14.1 Å². The number of primary amides is 1. The number of nitrogens with zero attached hydrogens (tertiary/aromatic N) is 6. The van der Waals surface area contributed by atoms with E-state index in [0.29, 0.717) is 11.4 Å². The molecule has 10 heteroatoms. The van der Waals surface area contributed by atoms with E-state index in [4.69, 9.17) is 5.73 Å². The first kappa shape index (κ1) is 17.1. The number of azo groups is 1. The number of para-hydroxylation sites is 1. The average molecular weight is 355 g/mol. The first-order valence-electron chi connectivity index (χ1n) is 7.64. The number of aromatic nitrogens is 4. The largest absolute Gasteiger partial charge is 0.492 e. The average Bonchev–Trinajstić information content (AvgIpc) is 3.05. The lowest BCUT2D eigenvalue weighted by Gasteiger charge is -2.03. The number of hydrogen-bond acceptors (Lipinski definition) is 6. The molecule has 0 radical (unpaired) electrons. The summed E-state index contributed by atoms with van der Waals surface area (Å²) in [4.78, 5) is 24.0. The van der Waals surface area contributed by atoms with Gasteiger partial charge in [-0.25, -0.2) is 9.36 Å². The van der Waals surface area contributed by atoms with Crippen molar-refractivity contribution in [3.8, 4) is 11.6 Å². The highest BCUT2D eigenvalue weighted by molar-refractivity contribution is 5.98. The molecule has 0 saturated carbocycles. The van der Waals surface area contributed by atoms with Gasteiger partial charge in [0.2, 0.25) is 11.6 Å². The fourth-order valence-corrected chi connectivity index (χ4v) is 2.51. The van der Waals surface area contributed by atoms with Crippen molar-refractivity contribution in [2.75, 3.05) is 0 Å². The van der Waals surface area contributed by atoms with E-state index < -0.39 is 11.5 Å². The van der Waals surface area contributed by atoms with Crippen molar-refractivity contribution in [3.63, 3.8) is 0 Å². The highest BCUT2D eigenvalue weighted by Gasteiger charge is 2.22. The summed E-state index contributed by atoms with van der Waals surface area (Å²) < 4.78 is 3.81. The Labute approximate surface area is 147 Å². The van der Waals surface area contributed by atoms with Crippen molar-refractivity contribution in [2.45, 2.75) is 6.92 Å². The third-order valence-electron chi connectivity index (χ3n) is 3.99. The first-order chi connectivity index (χ1) is 12.3. The molecule has 10 nitrogen and oxygen atoms in total. The highest BCUT2D eigenvalue weighted by Crippen LogP contribution is 2.29. The maximum Gasteiger partial charge on any atom is 0.298 e. The van der Waals surface area contributed by atoms with Crippen LogP contribution >= 0.6 is 0 Å². The molecule has 0 atom stereocenters. The Balaban J connectivity index is 2.20. The molecule has 0 saturated heterocycles. The van der Waals surface area contributed by atoms with Crippen molar-refractivity contribution in [1.82, 2.24) is 19.1 Å². The zero-order valence-electron chi connectivity index (χ0n) is 14.4. The van der Waals surface area contributed by atoms with Crippen LogP contribution in [0.1, 0.15) is 16.1 Å². The molecule has 1 amide bonds. The summed E-state index contributed by atoms with van der Waals surface area (Å²) >= 11 is 0. The van der Waals surface area contributed by atoms with Crippen LogP contribution in [0.25, 0.3) is 5.69 Å². The Morgan fingerprint density at radius 1 is 1.15 bits per heavy atom. The number of benzene rings is 1. The molecule has 134 valence electrons. The maximum atomic E-state index is 12.1. The van der Waals surface area contributed by atoms with Gasteiger partial charge < -0.3 is 10.8 Å². The number of hydrogen-bond donors (Lipinski definition) is 2. The number of amides is 1. The highest BCUT2D eigenvalue weighted by atomic mass is 16.3. The van der Waals surface area contributed by atoms with Crippen molar-refractivity contribution in [3.05, 3.63) is 51.9 Å². The second-order valence-electron chi connectivity index (χ2n) is 5.62. The quantitative estimate of drug-likeness (QED) is 0.685. The molecule has 26 heavy (non-hydrogen) atoms. The molecule has 0 aliphatic heterocycles. The zero-order valence-corrected chi connectivity index (χ0v) is 14.4. The van der Waals surface area contributed by atoms with Gasteiger partial charge in [0.1, 0.15) is 5.56 Å². The number of rotatable bonds is 4. The third kappa shape index (κ3) is 2.66. The van der Waals surface area contributed by atoms with Crippen LogP contribution in [0.4, 0.5) is 11.5 Å². The summed E-state index contributed by atoms with van der Waals surface area (Å²) in [5.74, 6) is -0.986. The predicted molar refractivity (Wildman–Crippen MR) is 93.3 cm³/mol. The topological polar surface area (TPSA) is 133 Å². The van der Waals surface area contributed by atoms with Crippen LogP contribution in [0.5, 0.6) is 5.88 Å². The maximum absolute atomic E-state index is 12.1. The number of carbonyl (C=O) groups excluding carboxylic acids is 1. The van der Waals surface area contributed by atoms with E-state index in [2.05, 4.69) is 15.3 Å². The lowest BCUT2D eigenvalue weighted by atomic mass is 10.2. The standard InChI is InChI=1S/C16H17N7O3/c1-9-11(13(17)24)14(23(20-9)10-7-5-4-6-8-10)19-18-12-15(25)21(2)22(3)16(12)26/h4-8,25H,1-3H3,(H2,17,24). The van der Waals surface area contributed by atoms with Crippen LogP contribution in [0.3, 0.4) is 0 Å². The normalized spacial score (nSPS) is 11.3.